The van der Waals surface area contributed by atoms with Gasteiger partial charge in [0, 0.05) is 32.0 Å². The number of aromatic nitrogens is 2. The van der Waals surface area contributed by atoms with Crippen LogP contribution in [0.4, 0.5) is 5.95 Å². The second-order valence-corrected chi connectivity index (χ2v) is 5.36. The first kappa shape index (κ1) is 12.7. The van der Waals surface area contributed by atoms with Crippen LogP contribution in [0.5, 0.6) is 0 Å². The molecule has 17 heavy (non-hydrogen) atoms. The minimum absolute atomic E-state index is 0.0717. The van der Waals surface area contributed by atoms with Crippen LogP contribution < -0.4 is 4.90 Å². The maximum absolute atomic E-state index is 5.93. The highest BCUT2D eigenvalue weighted by Crippen LogP contribution is 2.25. The number of morpholine rings is 1. The number of imidazole rings is 1. The lowest BCUT2D eigenvalue weighted by Gasteiger charge is -2.42. The van der Waals surface area contributed by atoms with E-state index in [4.69, 9.17) is 16.3 Å². The summed E-state index contributed by atoms with van der Waals surface area (Å²) in [5.41, 5.74) is -0.178. The molecule has 1 aliphatic rings. The lowest BCUT2D eigenvalue weighted by Crippen LogP contribution is -2.54. The molecule has 1 unspecified atom stereocenters. The first-order valence-corrected chi connectivity index (χ1v) is 6.59. The Kier molecular flexibility index (Phi) is 3.64. The Morgan fingerprint density at radius 3 is 3.00 bits per heavy atom. The number of halogens is 1. The molecular weight excluding hydrogens is 238 g/mol. The van der Waals surface area contributed by atoms with Crippen LogP contribution in [0.2, 0.25) is 0 Å². The number of ether oxygens (including phenoxy) is 1. The molecule has 0 aliphatic carbocycles. The maximum Gasteiger partial charge on any atom is 0.205 e. The van der Waals surface area contributed by atoms with Crippen molar-refractivity contribution in [3.8, 4) is 0 Å². The zero-order chi connectivity index (χ0) is 12.5. The smallest absolute Gasteiger partial charge is 0.205 e. The van der Waals surface area contributed by atoms with E-state index in [1.807, 2.05) is 12.4 Å². The van der Waals surface area contributed by atoms with E-state index in [0.717, 1.165) is 25.6 Å². The van der Waals surface area contributed by atoms with Crippen LogP contribution in [0, 0.1) is 0 Å². The van der Waals surface area contributed by atoms with Gasteiger partial charge in [0.15, 0.2) is 0 Å². The van der Waals surface area contributed by atoms with Crippen LogP contribution in [0.1, 0.15) is 20.8 Å². The SMILES string of the molecule is CCn1ccnc1N1CC(CCl)OC(C)(C)C1. The summed E-state index contributed by atoms with van der Waals surface area (Å²) in [6.45, 7) is 8.89. The van der Waals surface area contributed by atoms with E-state index in [0.29, 0.717) is 5.88 Å². The van der Waals surface area contributed by atoms with Gasteiger partial charge in [0.2, 0.25) is 5.95 Å². The molecule has 1 aromatic rings. The molecule has 1 aromatic heterocycles. The van der Waals surface area contributed by atoms with Crippen LogP contribution >= 0.6 is 11.6 Å². The molecule has 2 heterocycles. The number of nitrogens with zero attached hydrogens (tertiary/aromatic N) is 3. The van der Waals surface area contributed by atoms with Gasteiger partial charge in [-0.2, -0.15) is 0 Å². The summed E-state index contributed by atoms with van der Waals surface area (Å²) in [4.78, 5) is 6.70. The van der Waals surface area contributed by atoms with Crippen LogP contribution in [0.3, 0.4) is 0 Å². The number of anilines is 1. The minimum Gasteiger partial charge on any atom is -0.367 e. The first-order valence-electron chi connectivity index (χ1n) is 6.05. The second-order valence-electron chi connectivity index (χ2n) is 5.05. The van der Waals surface area contributed by atoms with E-state index in [2.05, 4.69) is 35.2 Å². The Morgan fingerprint density at radius 2 is 2.35 bits per heavy atom. The second kappa shape index (κ2) is 4.86. The third-order valence-electron chi connectivity index (χ3n) is 2.97. The van der Waals surface area contributed by atoms with Crippen molar-refractivity contribution < 1.29 is 4.74 Å². The molecule has 1 aliphatic heterocycles. The Labute approximate surface area is 108 Å². The zero-order valence-electron chi connectivity index (χ0n) is 10.7. The molecule has 0 aromatic carbocycles. The number of hydrogen-bond donors (Lipinski definition) is 0. The fraction of sp³-hybridized carbons (Fsp3) is 0.750. The molecule has 96 valence electrons. The molecule has 4 nitrogen and oxygen atoms in total. The van der Waals surface area contributed by atoms with Crippen molar-refractivity contribution in [1.82, 2.24) is 9.55 Å². The monoisotopic (exact) mass is 257 g/mol. The van der Waals surface area contributed by atoms with E-state index in [9.17, 15) is 0 Å². The molecule has 0 spiro atoms. The van der Waals surface area contributed by atoms with Crippen LogP contribution in [-0.2, 0) is 11.3 Å². The van der Waals surface area contributed by atoms with E-state index >= 15 is 0 Å². The summed E-state index contributed by atoms with van der Waals surface area (Å²) < 4.78 is 8.06. The van der Waals surface area contributed by atoms with Gasteiger partial charge in [0.1, 0.15) is 0 Å². The Bertz CT molecular complexity index is 378. The summed E-state index contributed by atoms with van der Waals surface area (Å²) in [5, 5.41) is 0. The van der Waals surface area contributed by atoms with Crippen molar-refractivity contribution in [2.24, 2.45) is 0 Å². The third-order valence-corrected chi connectivity index (χ3v) is 3.31. The maximum atomic E-state index is 5.93. The predicted octanol–water partition coefficient (Wildman–Crippen LogP) is 2.13. The fourth-order valence-corrected chi connectivity index (χ4v) is 2.52. The Morgan fingerprint density at radius 1 is 1.59 bits per heavy atom. The standard InChI is InChI=1S/C12H20ClN3O/c1-4-15-6-5-14-11(15)16-8-10(7-13)17-12(2,3)9-16/h5-6,10H,4,7-9H2,1-3H3. The summed E-state index contributed by atoms with van der Waals surface area (Å²) in [6, 6.07) is 0. The van der Waals surface area contributed by atoms with Crippen molar-refractivity contribution in [3.05, 3.63) is 12.4 Å². The van der Waals surface area contributed by atoms with Crippen molar-refractivity contribution in [3.63, 3.8) is 0 Å². The van der Waals surface area contributed by atoms with Gasteiger partial charge >= 0.3 is 0 Å². The van der Waals surface area contributed by atoms with Gasteiger partial charge in [-0.1, -0.05) is 0 Å². The van der Waals surface area contributed by atoms with E-state index < -0.39 is 0 Å². The molecule has 0 N–H and O–H groups in total. The number of hydrogen-bond acceptors (Lipinski definition) is 3. The molecule has 0 amide bonds. The quantitative estimate of drug-likeness (QED) is 0.777. The highest BCUT2D eigenvalue weighted by atomic mass is 35.5. The molecule has 0 bridgehead atoms. The average molecular weight is 258 g/mol. The predicted molar refractivity (Wildman–Crippen MR) is 69.8 cm³/mol. The minimum atomic E-state index is -0.178. The van der Waals surface area contributed by atoms with Crippen LogP contribution in [0.25, 0.3) is 0 Å². The Balaban J connectivity index is 2.20. The summed E-state index contributed by atoms with van der Waals surface area (Å²) in [7, 11) is 0. The van der Waals surface area contributed by atoms with Crippen molar-refractivity contribution in [1.29, 1.82) is 0 Å². The highest BCUT2D eigenvalue weighted by molar-refractivity contribution is 6.18. The summed E-state index contributed by atoms with van der Waals surface area (Å²) >= 11 is 5.93. The van der Waals surface area contributed by atoms with Crippen molar-refractivity contribution in [2.45, 2.75) is 39.0 Å². The van der Waals surface area contributed by atoms with Gasteiger partial charge in [0.05, 0.1) is 17.6 Å². The molecule has 5 heteroatoms. The van der Waals surface area contributed by atoms with Gasteiger partial charge in [-0.05, 0) is 20.8 Å². The normalized spacial score (nSPS) is 24.0. The molecule has 0 saturated carbocycles. The lowest BCUT2D eigenvalue weighted by atomic mass is 10.1. The topological polar surface area (TPSA) is 30.3 Å². The van der Waals surface area contributed by atoms with Crippen LogP contribution in [0.15, 0.2) is 12.4 Å². The molecule has 1 saturated heterocycles. The molecule has 2 rings (SSSR count). The largest absolute Gasteiger partial charge is 0.367 e. The molecule has 0 radical (unpaired) electrons. The Hall–Kier alpha value is -0.740. The molecule has 1 atom stereocenters. The van der Waals surface area contributed by atoms with E-state index in [1.165, 1.54) is 0 Å². The van der Waals surface area contributed by atoms with E-state index in [-0.39, 0.29) is 11.7 Å². The summed E-state index contributed by atoms with van der Waals surface area (Å²) in [6.07, 6.45) is 3.92. The van der Waals surface area contributed by atoms with E-state index in [1.54, 1.807) is 0 Å². The summed E-state index contributed by atoms with van der Waals surface area (Å²) in [5.74, 6) is 1.53. The van der Waals surface area contributed by atoms with Gasteiger partial charge in [-0.15, -0.1) is 11.6 Å². The van der Waals surface area contributed by atoms with Crippen molar-refractivity contribution in [2.75, 3.05) is 23.9 Å². The van der Waals surface area contributed by atoms with Gasteiger partial charge in [0.25, 0.3) is 0 Å². The van der Waals surface area contributed by atoms with Gasteiger partial charge in [-0.25, -0.2) is 4.98 Å². The number of rotatable bonds is 3. The molecule has 1 fully saturated rings. The number of aryl methyl sites for hydroxylation is 1. The lowest BCUT2D eigenvalue weighted by molar-refractivity contribution is -0.0739. The van der Waals surface area contributed by atoms with Crippen molar-refractivity contribution >= 4 is 17.5 Å². The number of alkyl halides is 1. The van der Waals surface area contributed by atoms with Gasteiger partial charge < -0.3 is 14.2 Å². The van der Waals surface area contributed by atoms with Crippen LogP contribution in [-0.4, -0.2) is 40.2 Å². The average Bonchev–Trinajstić information content (AvgIpc) is 2.74. The zero-order valence-corrected chi connectivity index (χ0v) is 11.4. The fourth-order valence-electron chi connectivity index (χ4n) is 2.36. The highest BCUT2D eigenvalue weighted by Gasteiger charge is 2.34. The van der Waals surface area contributed by atoms with Gasteiger partial charge in [-0.3, -0.25) is 0 Å². The first-order chi connectivity index (χ1) is 8.05. The molecular formula is C12H20ClN3O. The third kappa shape index (κ3) is 2.75.